The second-order valence-corrected chi connectivity index (χ2v) is 4.70. The van der Waals surface area contributed by atoms with Crippen LogP contribution in [0.2, 0.25) is 0 Å². The number of carbonyl (C=O) groups is 1. The van der Waals surface area contributed by atoms with Crippen LogP contribution in [0, 0.1) is 0 Å². The summed E-state index contributed by atoms with van der Waals surface area (Å²) in [4.78, 5) is 11.9. The molecule has 4 heteroatoms. The molecule has 1 rings (SSSR count). The quantitative estimate of drug-likeness (QED) is 0.743. The minimum atomic E-state index is -0.537. The molecule has 4 nitrogen and oxygen atoms in total. The minimum absolute atomic E-state index is 0.163. The molecule has 1 aromatic rings. The summed E-state index contributed by atoms with van der Waals surface area (Å²) < 4.78 is 11.0. The van der Waals surface area contributed by atoms with Crippen molar-refractivity contribution in [3.8, 4) is 5.75 Å². The molecule has 0 aliphatic rings. The van der Waals surface area contributed by atoms with Gasteiger partial charge in [0.25, 0.3) is 0 Å². The molecule has 2 unspecified atom stereocenters. The number of rotatable bonds is 8. The van der Waals surface area contributed by atoms with Crippen molar-refractivity contribution in [2.24, 2.45) is 0 Å². The van der Waals surface area contributed by atoms with Gasteiger partial charge in [0.2, 0.25) is 0 Å². The Balaban J connectivity index is 2.90. The third-order valence-electron chi connectivity index (χ3n) is 3.19. The smallest absolute Gasteiger partial charge is 0.347 e. The predicted octanol–water partition coefficient (Wildman–Crippen LogP) is 3.08. The van der Waals surface area contributed by atoms with Gasteiger partial charge in [-0.05, 0) is 33.4 Å². The summed E-state index contributed by atoms with van der Waals surface area (Å²) in [6, 6.07) is 7.94. The van der Waals surface area contributed by atoms with Gasteiger partial charge in [0.1, 0.15) is 5.75 Å². The Morgan fingerprint density at radius 1 is 1.30 bits per heavy atom. The van der Waals surface area contributed by atoms with Crippen LogP contribution in [-0.2, 0) is 9.53 Å². The lowest BCUT2D eigenvalue weighted by molar-refractivity contribution is -0.151. The first-order chi connectivity index (χ1) is 9.63. The van der Waals surface area contributed by atoms with Crippen molar-refractivity contribution in [2.75, 3.05) is 13.7 Å². The van der Waals surface area contributed by atoms with E-state index in [4.69, 9.17) is 9.47 Å². The summed E-state index contributed by atoms with van der Waals surface area (Å²) in [5.41, 5.74) is 1.04. The van der Waals surface area contributed by atoms with Gasteiger partial charge in [-0.1, -0.05) is 31.5 Å². The van der Waals surface area contributed by atoms with E-state index in [0.29, 0.717) is 13.0 Å². The summed E-state index contributed by atoms with van der Waals surface area (Å²) in [5, 5.41) is 3.19. The lowest BCUT2D eigenvalue weighted by atomic mass is 10.1. The van der Waals surface area contributed by atoms with Crippen molar-refractivity contribution < 1.29 is 14.3 Å². The number of esters is 1. The van der Waals surface area contributed by atoms with E-state index in [-0.39, 0.29) is 12.0 Å². The maximum absolute atomic E-state index is 11.9. The molecule has 112 valence electrons. The molecule has 2 atom stereocenters. The Hall–Kier alpha value is -1.55. The Morgan fingerprint density at radius 3 is 2.60 bits per heavy atom. The van der Waals surface area contributed by atoms with Gasteiger partial charge in [-0.2, -0.15) is 0 Å². The highest BCUT2D eigenvalue weighted by atomic mass is 16.6. The normalized spacial score (nSPS) is 13.6. The Bertz CT molecular complexity index is 420. The molecule has 0 aromatic heterocycles. The summed E-state index contributed by atoms with van der Waals surface area (Å²) in [5.74, 6) is 0.446. The molecule has 0 amide bonds. The largest absolute Gasteiger partial charge is 0.478 e. The third-order valence-corrected chi connectivity index (χ3v) is 3.19. The molecule has 1 N–H and O–H groups in total. The van der Waals surface area contributed by atoms with Crippen LogP contribution in [0.4, 0.5) is 0 Å². The molecule has 0 fully saturated rings. The molecule has 0 radical (unpaired) electrons. The van der Waals surface area contributed by atoms with Crippen molar-refractivity contribution in [1.29, 1.82) is 0 Å². The Labute approximate surface area is 121 Å². The number of ether oxygens (including phenoxy) is 2. The molecule has 0 heterocycles. The van der Waals surface area contributed by atoms with E-state index >= 15 is 0 Å². The summed E-state index contributed by atoms with van der Waals surface area (Å²) in [6.07, 6.45) is 0.985. The zero-order valence-electron chi connectivity index (χ0n) is 12.8. The number of hydrogen-bond acceptors (Lipinski definition) is 4. The number of benzene rings is 1. The van der Waals surface area contributed by atoms with E-state index in [1.807, 2.05) is 38.2 Å². The van der Waals surface area contributed by atoms with Crippen molar-refractivity contribution in [3.63, 3.8) is 0 Å². The van der Waals surface area contributed by atoms with Gasteiger partial charge >= 0.3 is 5.97 Å². The van der Waals surface area contributed by atoms with Gasteiger partial charge in [0.15, 0.2) is 6.10 Å². The van der Waals surface area contributed by atoms with Gasteiger partial charge < -0.3 is 14.8 Å². The van der Waals surface area contributed by atoms with Gasteiger partial charge in [-0.25, -0.2) is 4.79 Å². The van der Waals surface area contributed by atoms with Crippen LogP contribution in [0.15, 0.2) is 24.3 Å². The second-order valence-electron chi connectivity index (χ2n) is 4.70. The van der Waals surface area contributed by atoms with E-state index in [0.717, 1.165) is 17.7 Å². The fourth-order valence-corrected chi connectivity index (χ4v) is 1.98. The zero-order valence-corrected chi connectivity index (χ0v) is 12.8. The first-order valence-electron chi connectivity index (χ1n) is 7.23. The average molecular weight is 279 g/mol. The Morgan fingerprint density at radius 2 is 2.00 bits per heavy atom. The van der Waals surface area contributed by atoms with Crippen LogP contribution >= 0.6 is 0 Å². The second kappa shape index (κ2) is 8.59. The molecule has 1 aromatic carbocycles. The molecular formula is C16H25NO3. The maximum atomic E-state index is 11.9. The van der Waals surface area contributed by atoms with E-state index in [1.165, 1.54) is 0 Å². The standard InChI is InChI=1S/C16H25NO3/c1-5-9-15(16(18)19-6-2)20-14-11-8-7-10-13(14)12(3)17-4/h7-8,10-12,15,17H,5-6,9H2,1-4H3. The summed E-state index contributed by atoms with van der Waals surface area (Å²) >= 11 is 0. The van der Waals surface area contributed by atoms with Gasteiger partial charge in [0, 0.05) is 11.6 Å². The molecular weight excluding hydrogens is 254 g/mol. The summed E-state index contributed by atoms with van der Waals surface area (Å²) in [6.45, 7) is 6.26. The van der Waals surface area contributed by atoms with Crippen LogP contribution in [0.25, 0.3) is 0 Å². The first-order valence-corrected chi connectivity index (χ1v) is 7.23. The Kier molecular flexibility index (Phi) is 7.09. The minimum Gasteiger partial charge on any atom is -0.478 e. The van der Waals surface area contributed by atoms with Gasteiger partial charge in [-0.3, -0.25) is 0 Å². The fraction of sp³-hybridized carbons (Fsp3) is 0.562. The monoisotopic (exact) mass is 279 g/mol. The maximum Gasteiger partial charge on any atom is 0.347 e. The number of para-hydroxylation sites is 1. The van der Waals surface area contributed by atoms with Crippen LogP contribution in [0.3, 0.4) is 0 Å². The lowest BCUT2D eigenvalue weighted by Gasteiger charge is -2.21. The first kappa shape index (κ1) is 16.5. The van der Waals surface area contributed by atoms with Crippen LogP contribution in [0.1, 0.15) is 45.2 Å². The number of nitrogens with one attached hydrogen (secondary N) is 1. The van der Waals surface area contributed by atoms with E-state index < -0.39 is 6.10 Å². The van der Waals surface area contributed by atoms with Crippen molar-refractivity contribution >= 4 is 5.97 Å². The van der Waals surface area contributed by atoms with Crippen LogP contribution in [-0.4, -0.2) is 25.7 Å². The molecule has 20 heavy (non-hydrogen) atoms. The van der Waals surface area contributed by atoms with Crippen molar-refractivity contribution in [2.45, 2.75) is 45.8 Å². The third kappa shape index (κ3) is 4.53. The molecule has 0 spiro atoms. The van der Waals surface area contributed by atoms with Crippen LogP contribution in [0.5, 0.6) is 5.75 Å². The zero-order chi connectivity index (χ0) is 15.0. The number of hydrogen-bond donors (Lipinski definition) is 1. The fourth-order valence-electron chi connectivity index (χ4n) is 1.98. The van der Waals surface area contributed by atoms with Crippen molar-refractivity contribution in [1.82, 2.24) is 5.32 Å². The molecule has 0 aliphatic carbocycles. The van der Waals surface area contributed by atoms with Gasteiger partial charge in [-0.15, -0.1) is 0 Å². The highest BCUT2D eigenvalue weighted by Gasteiger charge is 2.22. The van der Waals surface area contributed by atoms with E-state index in [9.17, 15) is 4.79 Å². The molecule has 0 bridgehead atoms. The predicted molar refractivity (Wildman–Crippen MR) is 79.9 cm³/mol. The summed E-state index contributed by atoms with van der Waals surface area (Å²) in [7, 11) is 1.90. The topological polar surface area (TPSA) is 47.6 Å². The molecule has 0 aliphatic heterocycles. The number of carbonyl (C=O) groups excluding carboxylic acids is 1. The van der Waals surface area contributed by atoms with Gasteiger partial charge in [0.05, 0.1) is 6.61 Å². The highest BCUT2D eigenvalue weighted by Crippen LogP contribution is 2.26. The van der Waals surface area contributed by atoms with E-state index in [2.05, 4.69) is 12.2 Å². The van der Waals surface area contributed by atoms with Crippen molar-refractivity contribution in [3.05, 3.63) is 29.8 Å². The molecule has 0 saturated carbocycles. The SMILES string of the molecule is CCCC(Oc1ccccc1C(C)NC)C(=O)OCC. The lowest BCUT2D eigenvalue weighted by Crippen LogP contribution is -2.30. The molecule has 0 saturated heterocycles. The average Bonchev–Trinajstić information content (AvgIpc) is 2.46. The van der Waals surface area contributed by atoms with E-state index in [1.54, 1.807) is 6.92 Å². The van der Waals surface area contributed by atoms with Crippen LogP contribution < -0.4 is 10.1 Å². The highest BCUT2D eigenvalue weighted by molar-refractivity contribution is 5.75.